The molecular weight excluding hydrogens is 524 g/mol. The topological polar surface area (TPSA) is 126 Å². The number of carboxylic acids is 1. The summed E-state index contributed by atoms with van der Waals surface area (Å²) in [5.41, 5.74) is 1.66. The first-order valence-electron chi connectivity index (χ1n) is 12.2. The Morgan fingerprint density at radius 2 is 1.85 bits per heavy atom. The minimum absolute atomic E-state index is 0.174. The van der Waals surface area contributed by atoms with Gasteiger partial charge in [0.05, 0.1) is 36.1 Å². The Morgan fingerprint density at radius 1 is 1.08 bits per heavy atom. The van der Waals surface area contributed by atoms with E-state index in [1.165, 1.54) is 23.0 Å². The minimum atomic E-state index is -1.11. The van der Waals surface area contributed by atoms with Gasteiger partial charge in [-0.2, -0.15) is 0 Å². The zero-order chi connectivity index (χ0) is 28.1. The number of rotatable bonds is 10. The van der Waals surface area contributed by atoms with Gasteiger partial charge in [0.1, 0.15) is 11.8 Å². The van der Waals surface area contributed by atoms with Gasteiger partial charge in [-0.3, -0.25) is 9.36 Å². The number of nitrogens with zero attached hydrogens (tertiary/aromatic N) is 2. The van der Waals surface area contributed by atoms with Gasteiger partial charge in [0.2, 0.25) is 0 Å². The van der Waals surface area contributed by atoms with Crippen LogP contribution in [0.25, 0.3) is 6.08 Å². The molecule has 0 aliphatic carbocycles. The third-order valence-corrected chi connectivity index (χ3v) is 6.85. The van der Waals surface area contributed by atoms with Crippen molar-refractivity contribution in [3.05, 3.63) is 84.5 Å². The number of fused-ring (bicyclic) bond motifs is 1. The molecule has 11 heteroatoms. The highest BCUT2D eigenvalue weighted by atomic mass is 32.1. The molecule has 1 aliphatic heterocycles. The van der Waals surface area contributed by atoms with Crippen LogP contribution >= 0.6 is 11.3 Å². The minimum Gasteiger partial charge on any atom is -0.494 e. The molecular formula is C28H28N2O8S. The lowest BCUT2D eigenvalue weighted by Crippen LogP contribution is -2.40. The van der Waals surface area contributed by atoms with E-state index in [0.717, 1.165) is 0 Å². The van der Waals surface area contributed by atoms with E-state index in [0.29, 0.717) is 44.3 Å². The first-order chi connectivity index (χ1) is 18.8. The van der Waals surface area contributed by atoms with E-state index in [1.54, 1.807) is 44.2 Å². The van der Waals surface area contributed by atoms with Crippen LogP contribution in [-0.2, 0) is 14.3 Å². The van der Waals surface area contributed by atoms with E-state index >= 15 is 0 Å². The lowest BCUT2D eigenvalue weighted by molar-refractivity contribution is -0.140. The maximum atomic E-state index is 13.8. The second-order valence-corrected chi connectivity index (χ2v) is 9.37. The molecule has 4 rings (SSSR count). The molecule has 3 aromatic rings. The first-order valence-corrected chi connectivity index (χ1v) is 13.0. The summed E-state index contributed by atoms with van der Waals surface area (Å²) in [4.78, 5) is 42.9. The summed E-state index contributed by atoms with van der Waals surface area (Å²) in [6, 6.07) is 11.4. The number of allylic oxidation sites excluding steroid dienone is 1. The Kier molecular flexibility index (Phi) is 8.50. The molecule has 0 spiro atoms. The van der Waals surface area contributed by atoms with Crippen LogP contribution in [0.3, 0.4) is 0 Å². The van der Waals surface area contributed by atoms with Crippen molar-refractivity contribution in [1.29, 1.82) is 0 Å². The highest BCUT2D eigenvalue weighted by Crippen LogP contribution is 2.36. The summed E-state index contributed by atoms with van der Waals surface area (Å²) in [7, 11) is 1.44. The first kappa shape index (κ1) is 27.6. The second kappa shape index (κ2) is 12.0. The van der Waals surface area contributed by atoms with Gasteiger partial charge in [0.25, 0.3) is 5.56 Å². The van der Waals surface area contributed by atoms with Crippen molar-refractivity contribution in [2.24, 2.45) is 4.99 Å². The fourth-order valence-electron chi connectivity index (χ4n) is 4.26. The number of benzene rings is 2. The fraction of sp³-hybridized carbons (Fsp3) is 0.286. The molecule has 0 radical (unpaired) electrons. The number of aromatic nitrogens is 1. The van der Waals surface area contributed by atoms with Gasteiger partial charge in [-0.25, -0.2) is 14.6 Å². The standard InChI is InChI=1S/C28H28N2O8S/c1-5-36-19-10-8-7-9-18(19)25-24(27(34)37-6-2)16(3)29-28-30(25)26(33)22(39-28)14-17-11-12-20(21(13-17)35-4)38-15-23(31)32/h7-14,25H,5-6,15H2,1-4H3,(H,31,32)/b22-14-/t25-/m1/s1. The average Bonchev–Trinajstić information content (AvgIpc) is 3.21. The quantitative estimate of drug-likeness (QED) is 0.381. The van der Waals surface area contributed by atoms with Crippen LogP contribution in [0, 0.1) is 0 Å². The van der Waals surface area contributed by atoms with Gasteiger partial charge in [-0.1, -0.05) is 35.6 Å². The van der Waals surface area contributed by atoms with Crippen LogP contribution in [0.4, 0.5) is 0 Å². The van der Waals surface area contributed by atoms with Crippen molar-refractivity contribution in [2.45, 2.75) is 26.8 Å². The number of carbonyl (C=O) groups excluding carboxylic acids is 1. The summed E-state index contributed by atoms with van der Waals surface area (Å²) >= 11 is 1.19. The van der Waals surface area contributed by atoms with Gasteiger partial charge in [0, 0.05) is 5.56 Å². The molecule has 2 aromatic carbocycles. The lowest BCUT2D eigenvalue weighted by atomic mass is 9.95. The number of esters is 1. The van der Waals surface area contributed by atoms with Crippen LogP contribution in [0.2, 0.25) is 0 Å². The molecule has 10 nitrogen and oxygen atoms in total. The number of aliphatic carboxylic acids is 1. The normalized spacial score (nSPS) is 14.9. The molecule has 1 atom stereocenters. The maximum Gasteiger partial charge on any atom is 0.341 e. The molecule has 0 amide bonds. The van der Waals surface area contributed by atoms with Crippen LogP contribution in [-0.4, -0.2) is 48.5 Å². The highest BCUT2D eigenvalue weighted by molar-refractivity contribution is 7.07. The van der Waals surface area contributed by atoms with Gasteiger partial charge >= 0.3 is 11.9 Å². The molecule has 0 bridgehead atoms. The summed E-state index contributed by atoms with van der Waals surface area (Å²) < 4.78 is 23.7. The number of thiazole rings is 1. The van der Waals surface area contributed by atoms with E-state index in [9.17, 15) is 14.4 Å². The van der Waals surface area contributed by atoms with Crippen molar-refractivity contribution in [1.82, 2.24) is 4.57 Å². The van der Waals surface area contributed by atoms with E-state index < -0.39 is 24.6 Å². The number of ether oxygens (including phenoxy) is 4. The van der Waals surface area contributed by atoms with Crippen molar-refractivity contribution < 1.29 is 33.6 Å². The summed E-state index contributed by atoms with van der Waals surface area (Å²) in [5, 5.41) is 8.89. The molecule has 39 heavy (non-hydrogen) atoms. The van der Waals surface area contributed by atoms with Crippen molar-refractivity contribution >= 4 is 29.4 Å². The van der Waals surface area contributed by atoms with E-state index in [4.69, 9.17) is 24.1 Å². The monoisotopic (exact) mass is 552 g/mol. The average molecular weight is 553 g/mol. The van der Waals surface area contributed by atoms with Gasteiger partial charge in [-0.05, 0) is 50.6 Å². The Hall–Kier alpha value is -4.38. The molecule has 0 saturated heterocycles. The number of hydrogen-bond donors (Lipinski definition) is 1. The number of hydrogen-bond acceptors (Lipinski definition) is 9. The molecule has 1 N–H and O–H groups in total. The molecule has 0 unspecified atom stereocenters. The predicted octanol–water partition coefficient (Wildman–Crippen LogP) is 2.67. The van der Waals surface area contributed by atoms with E-state index in [-0.39, 0.29) is 23.5 Å². The summed E-state index contributed by atoms with van der Waals surface area (Å²) in [6.45, 7) is 5.37. The third-order valence-electron chi connectivity index (χ3n) is 5.87. The molecule has 204 valence electrons. The van der Waals surface area contributed by atoms with Crippen molar-refractivity contribution in [2.75, 3.05) is 26.9 Å². The zero-order valence-corrected chi connectivity index (χ0v) is 22.7. The van der Waals surface area contributed by atoms with Gasteiger partial charge in [0.15, 0.2) is 22.9 Å². The van der Waals surface area contributed by atoms with Crippen LogP contribution in [0.15, 0.2) is 63.5 Å². The Bertz CT molecular complexity index is 1620. The SMILES string of the molecule is CCOC(=O)C1=C(C)N=c2s/c(=C\c3ccc(OCC(=O)O)c(OC)c3)c(=O)n2[C@@H]1c1ccccc1OCC. The Balaban J connectivity index is 1.88. The maximum absolute atomic E-state index is 13.8. The Labute approximate surface area is 228 Å². The highest BCUT2D eigenvalue weighted by Gasteiger charge is 2.35. The zero-order valence-electron chi connectivity index (χ0n) is 21.9. The number of methoxy groups -OCH3 is 1. The fourth-order valence-corrected chi connectivity index (χ4v) is 5.31. The summed E-state index contributed by atoms with van der Waals surface area (Å²) in [6.07, 6.45) is 1.68. The van der Waals surface area contributed by atoms with Crippen molar-refractivity contribution in [3.63, 3.8) is 0 Å². The molecule has 1 aromatic heterocycles. The number of para-hydroxylation sites is 1. The van der Waals surface area contributed by atoms with Crippen molar-refractivity contribution in [3.8, 4) is 17.2 Å². The van der Waals surface area contributed by atoms with E-state index in [1.807, 2.05) is 25.1 Å². The van der Waals surface area contributed by atoms with Gasteiger partial charge < -0.3 is 24.1 Å². The Morgan fingerprint density at radius 3 is 2.54 bits per heavy atom. The molecule has 1 aliphatic rings. The predicted molar refractivity (Wildman–Crippen MR) is 144 cm³/mol. The van der Waals surface area contributed by atoms with E-state index in [2.05, 4.69) is 4.99 Å². The number of carbonyl (C=O) groups is 2. The van der Waals surface area contributed by atoms with Crippen LogP contribution < -0.4 is 29.1 Å². The lowest BCUT2D eigenvalue weighted by Gasteiger charge is -2.26. The second-order valence-electron chi connectivity index (χ2n) is 8.37. The van der Waals surface area contributed by atoms with Crippen LogP contribution in [0.1, 0.15) is 37.9 Å². The molecule has 0 fully saturated rings. The summed E-state index contributed by atoms with van der Waals surface area (Å²) in [5.74, 6) is -0.522. The van der Waals surface area contributed by atoms with Crippen LogP contribution in [0.5, 0.6) is 17.2 Å². The largest absolute Gasteiger partial charge is 0.494 e. The molecule has 2 heterocycles. The number of carboxylic acid groups (broad SMARTS) is 1. The van der Waals surface area contributed by atoms with Gasteiger partial charge in [-0.15, -0.1) is 0 Å². The smallest absolute Gasteiger partial charge is 0.341 e. The third kappa shape index (κ3) is 5.73. The molecule has 0 saturated carbocycles.